The van der Waals surface area contributed by atoms with Gasteiger partial charge < -0.3 is 10.6 Å². The molecule has 2 amide bonds. The Hall–Kier alpha value is -2.71. The number of anilines is 1. The van der Waals surface area contributed by atoms with Gasteiger partial charge in [0.2, 0.25) is 15.9 Å². The fourth-order valence-corrected chi connectivity index (χ4v) is 5.20. The minimum atomic E-state index is -3.62. The monoisotopic (exact) mass is 429 g/mol. The molecule has 1 aliphatic heterocycles. The van der Waals surface area contributed by atoms with E-state index in [-0.39, 0.29) is 17.3 Å². The lowest BCUT2D eigenvalue weighted by Gasteiger charge is -2.21. The highest BCUT2D eigenvalue weighted by Crippen LogP contribution is 2.25. The second-order valence-corrected chi connectivity index (χ2v) is 9.30. The van der Waals surface area contributed by atoms with Gasteiger partial charge in [0.15, 0.2) is 0 Å². The maximum Gasteiger partial charge on any atom is 0.251 e. The second-order valence-electron chi connectivity index (χ2n) is 7.40. The lowest BCUT2D eigenvalue weighted by atomic mass is 10.2. The molecule has 2 N–H and O–H groups in total. The predicted molar refractivity (Wildman–Crippen MR) is 116 cm³/mol. The summed E-state index contributed by atoms with van der Waals surface area (Å²) in [7, 11) is -3.62. The van der Waals surface area contributed by atoms with Gasteiger partial charge in [0.1, 0.15) is 0 Å². The van der Waals surface area contributed by atoms with E-state index in [1.165, 1.54) is 10.4 Å². The quantitative estimate of drug-likeness (QED) is 0.738. The molecule has 1 aliphatic rings. The van der Waals surface area contributed by atoms with E-state index in [1.807, 2.05) is 0 Å². The summed E-state index contributed by atoms with van der Waals surface area (Å²) in [5, 5.41) is 5.22. The van der Waals surface area contributed by atoms with E-state index >= 15 is 0 Å². The zero-order valence-corrected chi connectivity index (χ0v) is 17.9. The summed E-state index contributed by atoms with van der Waals surface area (Å²) in [5.74, 6) is -0.777. The molecule has 160 valence electrons. The lowest BCUT2D eigenvalue weighted by molar-refractivity contribution is -0.115. The number of aryl methyl sites for hydroxylation is 1. The van der Waals surface area contributed by atoms with Crippen molar-refractivity contribution in [3.8, 4) is 0 Å². The van der Waals surface area contributed by atoms with Crippen LogP contribution in [0.3, 0.4) is 0 Å². The van der Waals surface area contributed by atoms with Gasteiger partial charge in [-0.2, -0.15) is 4.31 Å². The Morgan fingerprint density at radius 2 is 1.63 bits per heavy atom. The van der Waals surface area contributed by atoms with Gasteiger partial charge in [0.25, 0.3) is 5.91 Å². The van der Waals surface area contributed by atoms with E-state index in [2.05, 4.69) is 10.6 Å². The molecule has 0 saturated carbocycles. The number of hydrogen-bond donors (Lipinski definition) is 2. The molecule has 1 saturated heterocycles. The Morgan fingerprint density at radius 3 is 2.30 bits per heavy atom. The highest BCUT2D eigenvalue weighted by atomic mass is 32.2. The summed E-state index contributed by atoms with van der Waals surface area (Å²) < 4.78 is 27.8. The third-order valence-corrected chi connectivity index (χ3v) is 7.14. The number of nitrogens with one attached hydrogen (secondary N) is 2. The normalized spacial score (nSPS) is 15.2. The van der Waals surface area contributed by atoms with Crippen molar-refractivity contribution < 1.29 is 18.0 Å². The Labute approximate surface area is 177 Å². The van der Waals surface area contributed by atoms with Gasteiger partial charge in [-0.25, -0.2) is 8.42 Å². The summed E-state index contributed by atoms with van der Waals surface area (Å²) in [6.07, 6.45) is 3.79. The molecule has 1 fully saturated rings. The molecule has 0 aliphatic carbocycles. The average Bonchev–Trinajstić information content (AvgIpc) is 3.04. The van der Waals surface area contributed by atoms with Crippen molar-refractivity contribution in [1.29, 1.82) is 0 Å². The maximum atomic E-state index is 13.1. The van der Waals surface area contributed by atoms with Crippen molar-refractivity contribution in [1.82, 2.24) is 9.62 Å². The summed E-state index contributed by atoms with van der Waals surface area (Å²) in [6.45, 7) is 2.57. The second kappa shape index (κ2) is 9.86. The highest BCUT2D eigenvalue weighted by Gasteiger charge is 2.27. The summed E-state index contributed by atoms with van der Waals surface area (Å²) in [6, 6.07) is 13.4. The first-order valence-corrected chi connectivity index (χ1v) is 11.6. The fourth-order valence-electron chi connectivity index (χ4n) is 3.43. The standard InChI is InChI=1S/C22H27N3O4S/c1-17-11-12-19(15-20(17)30(28,29)25-13-7-2-3-8-14-25)24-21(26)16-23-22(27)18-9-5-4-6-10-18/h4-6,9-12,15H,2-3,7-8,13-14,16H2,1H3,(H,23,27)(H,24,26). The van der Waals surface area contributed by atoms with Crippen LogP contribution in [0.15, 0.2) is 53.4 Å². The molecule has 1 heterocycles. The van der Waals surface area contributed by atoms with Gasteiger partial charge in [-0.1, -0.05) is 37.1 Å². The van der Waals surface area contributed by atoms with Crippen LogP contribution in [-0.2, 0) is 14.8 Å². The fraction of sp³-hybridized carbons (Fsp3) is 0.364. The van der Waals surface area contributed by atoms with Crippen molar-refractivity contribution in [2.24, 2.45) is 0 Å². The first-order chi connectivity index (χ1) is 14.4. The third-order valence-electron chi connectivity index (χ3n) is 5.10. The number of hydrogen-bond acceptors (Lipinski definition) is 4. The van der Waals surface area contributed by atoms with E-state index in [0.717, 1.165) is 25.7 Å². The van der Waals surface area contributed by atoms with E-state index in [0.29, 0.717) is 29.9 Å². The smallest absolute Gasteiger partial charge is 0.251 e. The first kappa shape index (κ1) is 22.0. The van der Waals surface area contributed by atoms with E-state index in [1.54, 1.807) is 49.4 Å². The van der Waals surface area contributed by atoms with E-state index in [9.17, 15) is 18.0 Å². The highest BCUT2D eigenvalue weighted by molar-refractivity contribution is 7.89. The van der Waals surface area contributed by atoms with Crippen LogP contribution >= 0.6 is 0 Å². The molecule has 0 spiro atoms. The molecule has 0 aromatic heterocycles. The number of amides is 2. The molecule has 0 bridgehead atoms. The molecular formula is C22H27N3O4S. The summed E-state index contributed by atoms with van der Waals surface area (Å²) in [5.41, 5.74) is 1.48. The van der Waals surface area contributed by atoms with Crippen LogP contribution in [0.4, 0.5) is 5.69 Å². The van der Waals surface area contributed by atoms with Gasteiger partial charge in [0, 0.05) is 24.3 Å². The predicted octanol–water partition coefficient (Wildman–Crippen LogP) is 2.93. The van der Waals surface area contributed by atoms with Crippen LogP contribution in [-0.4, -0.2) is 44.2 Å². The van der Waals surface area contributed by atoms with E-state index < -0.39 is 15.9 Å². The topological polar surface area (TPSA) is 95.6 Å². The first-order valence-electron chi connectivity index (χ1n) is 10.1. The number of sulfonamides is 1. The Balaban J connectivity index is 1.67. The zero-order valence-electron chi connectivity index (χ0n) is 17.1. The molecule has 7 nitrogen and oxygen atoms in total. The van der Waals surface area contributed by atoms with Crippen molar-refractivity contribution >= 4 is 27.5 Å². The molecule has 0 radical (unpaired) electrons. The number of carbonyl (C=O) groups is 2. The lowest BCUT2D eigenvalue weighted by Crippen LogP contribution is -2.33. The Morgan fingerprint density at radius 1 is 0.967 bits per heavy atom. The minimum Gasteiger partial charge on any atom is -0.343 e. The molecule has 0 atom stereocenters. The number of rotatable bonds is 6. The van der Waals surface area contributed by atoms with E-state index in [4.69, 9.17) is 0 Å². The molecule has 8 heteroatoms. The summed E-state index contributed by atoms with van der Waals surface area (Å²) in [4.78, 5) is 24.5. The van der Waals surface area contributed by atoms with Gasteiger partial charge in [-0.3, -0.25) is 9.59 Å². The molecule has 30 heavy (non-hydrogen) atoms. The largest absolute Gasteiger partial charge is 0.343 e. The Bertz CT molecular complexity index is 998. The molecule has 0 unspecified atom stereocenters. The number of carbonyl (C=O) groups excluding carboxylic acids is 2. The van der Waals surface area contributed by atoms with Crippen LogP contribution in [0.1, 0.15) is 41.6 Å². The number of benzene rings is 2. The SMILES string of the molecule is Cc1ccc(NC(=O)CNC(=O)c2ccccc2)cc1S(=O)(=O)N1CCCCCC1. The van der Waals surface area contributed by atoms with Crippen LogP contribution in [0.5, 0.6) is 0 Å². The van der Waals surface area contributed by atoms with Crippen LogP contribution in [0.25, 0.3) is 0 Å². The van der Waals surface area contributed by atoms with Gasteiger partial charge in [-0.05, 0) is 49.6 Å². The van der Waals surface area contributed by atoms with Crippen LogP contribution < -0.4 is 10.6 Å². The van der Waals surface area contributed by atoms with Gasteiger partial charge >= 0.3 is 0 Å². The zero-order chi connectivity index (χ0) is 21.6. The summed E-state index contributed by atoms with van der Waals surface area (Å²) >= 11 is 0. The molecule has 2 aromatic rings. The minimum absolute atomic E-state index is 0.204. The molecule has 2 aromatic carbocycles. The molecule has 3 rings (SSSR count). The maximum absolute atomic E-state index is 13.1. The third kappa shape index (κ3) is 5.46. The van der Waals surface area contributed by atoms with Crippen molar-refractivity contribution in [3.63, 3.8) is 0 Å². The van der Waals surface area contributed by atoms with Crippen LogP contribution in [0, 0.1) is 6.92 Å². The average molecular weight is 430 g/mol. The van der Waals surface area contributed by atoms with Crippen LogP contribution in [0.2, 0.25) is 0 Å². The van der Waals surface area contributed by atoms with Gasteiger partial charge in [0.05, 0.1) is 11.4 Å². The van der Waals surface area contributed by atoms with Crippen molar-refractivity contribution in [2.75, 3.05) is 25.0 Å². The molecular weight excluding hydrogens is 402 g/mol. The van der Waals surface area contributed by atoms with Crippen molar-refractivity contribution in [3.05, 3.63) is 59.7 Å². The number of nitrogens with zero attached hydrogens (tertiary/aromatic N) is 1. The Kier molecular flexibility index (Phi) is 7.23. The van der Waals surface area contributed by atoms with Gasteiger partial charge in [-0.15, -0.1) is 0 Å². The van der Waals surface area contributed by atoms with Crippen molar-refractivity contribution in [2.45, 2.75) is 37.5 Å².